The lowest BCUT2D eigenvalue weighted by Crippen LogP contribution is -2.37. The SMILES string of the molecule is COc1cccc(S(=O)(=O)NCc2nc(C)cc(N3CCOCC3)n2)c1. The first-order chi connectivity index (χ1) is 12.5. The molecule has 0 unspecified atom stereocenters. The van der Waals surface area contributed by atoms with Gasteiger partial charge in [0.2, 0.25) is 10.0 Å². The second-order valence-electron chi connectivity index (χ2n) is 5.89. The van der Waals surface area contributed by atoms with E-state index in [1.54, 1.807) is 12.1 Å². The summed E-state index contributed by atoms with van der Waals surface area (Å²) >= 11 is 0. The summed E-state index contributed by atoms with van der Waals surface area (Å²) in [7, 11) is -2.19. The van der Waals surface area contributed by atoms with Gasteiger partial charge >= 0.3 is 0 Å². The maximum Gasteiger partial charge on any atom is 0.241 e. The maximum absolute atomic E-state index is 12.5. The number of aromatic nitrogens is 2. The van der Waals surface area contributed by atoms with Gasteiger partial charge in [0.1, 0.15) is 17.4 Å². The highest BCUT2D eigenvalue weighted by atomic mass is 32.2. The van der Waals surface area contributed by atoms with Crippen LogP contribution in [0.4, 0.5) is 5.82 Å². The topological polar surface area (TPSA) is 93.7 Å². The van der Waals surface area contributed by atoms with Gasteiger partial charge in [0.05, 0.1) is 31.8 Å². The molecule has 2 aromatic rings. The molecule has 2 heterocycles. The van der Waals surface area contributed by atoms with E-state index in [9.17, 15) is 8.42 Å². The van der Waals surface area contributed by atoms with Crippen LogP contribution in [0, 0.1) is 6.92 Å². The van der Waals surface area contributed by atoms with Crippen LogP contribution in [0.1, 0.15) is 11.5 Å². The van der Waals surface area contributed by atoms with Crippen molar-refractivity contribution in [1.82, 2.24) is 14.7 Å². The molecule has 0 aliphatic carbocycles. The number of morpholine rings is 1. The van der Waals surface area contributed by atoms with Crippen LogP contribution in [-0.2, 0) is 21.3 Å². The van der Waals surface area contributed by atoms with Crippen LogP contribution in [0.2, 0.25) is 0 Å². The van der Waals surface area contributed by atoms with E-state index in [4.69, 9.17) is 9.47 Å². The van der Waals surface area contributed by atoms with Crippen molar-refractivity contribution in [2.75, 3.05) is 38.3 Å². The zero-order valence-corrected chi connectivity index (χ0v) is 15.6. The molecule has 3 rings (SSSR count). The van der Waals surface area contributed by atoms with Crippen LogP contribution < -0.4 is 14.4 Å². The summed E-state index contributed by atoms with van der Waals surface area (Å²) in [5.74, 6) is 1.70. The number of nitrogens with zero attached hydrogens (tertiary/aromatic N) is 3. The number of nitrogens with one attached hydrogen (secondary N) is 1. The average Bonchev–Trinajstić information content (AvgIpc) is 2.67. The predicted molar refractivity (Wildman–Crippen MR) is 96.8 cm³/mol. The Hall–Kier alpha value is -2.23. The molecule has 1 saturated heterocycles. The predicted octanol–water partition coefficient (Wildman–Crippen LogP) is 1.11. The number of hydrogen-bond acceptors (Lipinski definition) is 7. The van der Waals surface area contributed by atoms with Crippen molar-refractivity contribution in [1.29, 1.82) is 0 Å². The average molecular weight is 378 g/mol. The Bertz CT molecular complexity index is 867. The molecular formula is C17H22N4O4S. The fourth-order valence-corrected chi connectivity index (χ4v) is 3.67. The number of aryl methyl sites for hydroxylation is 1. The number of benzene rings is 1. The van der Waals surface area contributed by atoms with Gasteiger partial charge in [0, 0.05) is 30.9 Å². The molecule has 0 amide bonds. The van der Waals surface area contributed by atoms with Crippen molar-refractivity contribution in [2.45, 2.75) is 18.4 Å². The lowest BCUT2D eigenvalue weighted by Gasteiger charge is -2.28. The van der Waals surface area contributed by atoms with Gasteiger partial charge in [0.15, 0.2) is 0 Å². The minimum atomic E-state index is -3.69. The fraction of sp³-hybridized carbons (Fsp3) is 0.412. The lowest BCUT2D eigenvalue weighted by molar-refractivity contribution is 0.122. The van der Waals surface area contributed by atoms with Crippen LogP contribution in [0.25, 0.3) is 0 Å². The van der Waals surface area contributed by atoms with E-state index in [1.165, 1.54) is 19.2 Å². The molecule has 1 aromatic carbocycles. The summed E-state index contributed by atoms with van der Waals surface area (Å²) < 4.78 is 38.0. The molecule has 9 heteroatoms. The maximum atomic E-state index is 12.5. The Morgan fingerprint density at radius 3 is 2.73 bits per heavy atom. The molecule has 0 spiro atoms. The Morgan fingerprint density at radius 1 is 1.23 bits per heavy atom. The van der Waals surface area contributed by atoms with Crippen molar-refractivity contribution in [3.05, 3.63) is 41.9 Å². The molecule has 0 atom stereocenters. The third kappa shape index (κ3) is 4.48. The lowest BCUT2D eigenvalue weighted by atomic mass is 10.3. The molecule has 8 nitrogen and oxygen atoms in total. The molecule has 0 radical (unpaired) electrons. The van der Waals surface area contributed by atoms with Gasteiger partial charge in [-0.1, -0.05) is 6.07 Å². The molecule has 140 valence electrons. The molecule has 1 N–H and O–H groups in total. The van der Waals surface area contributed by atoms with Gasteiger partial charge in [-0.25, -0.2) is 23.1 Å². The van der Waals surface area contributed by atoms with Crippen LogP contribution in [-0.4, -0.2) is 51.8 Å². The van der Waals surface area contributed by atoms with Crippen LogP contribution >= 0.6 is 0 Å². The van der Waals surface area contributed by atoms with Gasteiger partial charge < -0.3 is 14.4 Å². The first kappa shape index (κ1) is 18.6. The zero-order valence-electron chi connectivity index (χ0n) is 14.8. The van der Waals surface area contributed by atoms with Crippen LogP contribution in [0.3, 0.4) is 0 Å². The quantitative estimate of drug-likeness (QED) is 0.805. The summed E-state index contributed by atoms with van der Waals surface area (Å²) in [5.41, 5.74) is 0.789. The largest absolute Gasteiger partial charge is 0.497 e. The van der Waals surface area contributed by atoms with E-state index in [-0.39, 0.29) is 11.4 Å². The van der Waals surface area contributed by atoms with Gasteiger partial charge in [-0.05, 0) is 19.1 Å². The Labute approximate surface area is 153 Å². The van der Waals surface area contributed by atoms with Gasteiger partial charge in [-0.3, -0.25) is 0 Å². The summed E-state index contributed by atoms with van der Waals surface area (Å²) in [6.07, 6.45) is 0. The van der Waals surface area contributed by atoms with E-state index >= 15 is 0 Å². The van der Waals surface area contributed by atoms with Crippen LogP contribution in [0.15, 0.2) is 35.2 Å². The number of anilines is 1. The number of methoxy groups -OCH3 is 1. The minimum absolute atomic E-state index is 0.0125. The zero-order chi connectivity index (χ0) is 18.6. The summed E-state index contributed by atoms with van der Waals surface area (Å²) in [6.45, 7) is 4.70. The summed E-state index contributed by atoms with van der Waals surface area (Å²) in [6, 6.07) is 8.20. The molecule has 0 bridgehead atoms. The highest BCUT2D eigenvalue weighted by Gasteiger charge is 2.17. The normalized spacial score (nSPS) is 15.1. The van der Waals surface area contributed by atoms with Crippen molar-refractivity contribution in [3.8, 4) is 5.75 Å². The summed E-state index contributed by atoms with van der Waals surface area (Å²) in [5, 5.41) is 0. The van der Waals surface area contributed by atoms with Gasteiger partial charge in [-0.15, -0.1) is 0 Å². The highest BCUT2D eigenvalue weighted by Crippen LogP contribution is 2.18. The van der Waals surface area contributed by atoms with Crippen molar-refractivity contribution in [2.24, 2.45) is 0 Å². The van der Waals surface area contributed by atoms with E-state index in [2.05, 4.69) is 19.6 Å². The van der Waals surface area contributed by atoms with Crippen LogP contribution in [0.5, 0.6) is 5.75 Å². The smallest absolute Gasteiger partial charge is 0.241 e. The number of rotatable bonds is 6. The number of hydrogen-bond donors (Lipinski definition) is 1. The monoisotopic (exact) mass is 378 g/mol. The Balaban J connectivity index is 1.75. The van der Waals surface area contributed by atoms with Crippen molar-refractivity contribution >= 4 is 15.8 Å². The standard InChI is InChI=1S/C17H22N4O4S/c1-13-10-17(21-6-8-25-9-7-21)20-16(19-13)12-18-26(22,23)15-5-3-4-14(11-15)24-2/h3-5,10-11,18H,6-9,12H2,1-2H3. The van der Waals surface area contributed by atoms with E-state index in [0.29, 0.717) is 24.8 Å². The number of sulfonamides is 1. The van der Waals surface area contributed by atoms with E-state index in [1.807, 2.05) is 13.0 Å². The second kappa shape index (κ2) is 7.98. The molecular weight excluding hydrogens is 356 g/mol. The van der Waals surface area contributed by atoms with E-state index in [0.717, 1.165) is 24.6 Å². The first-order valence-corrected chi connectivity index (χ1v) is 9.77. The third-order valence-electron chi connectivity index (χ3n) is 3.99. The van der Waals surface area contributed by atoms with E-state index < -0.39 is 10.0 Å². The Morgan fingerprint density at radius 2 is 2.00 bits per heavy atom. The molecule has 0 saturated carbocycles. The second-order valence-corrected chi connectivity index (χ2v) is 7.65. The highest BCUT2D eigenvalue weighted by molar-refractivity contribution is 7.89. The molecule has 1 aliphatic rings. The fourth-order valence-electron chi connectivity index (χ4n) is 2.66. The Kier molecular flexibility index (Phi) is 5.70. The third-order valence-corrected chi connectivity index (χ3v) is 5.39. The molecule has 26 heavy (non-hydrogen) atoms. The molecule has 1 fully saturated rings. The van der Waals surface area contributed by atoms with Crippen molar-refractivity contribution in [3.63, 3.8) is 0 Å². The van der Waals surface area contributed by atoms with Crippen molar-refractivity contribution < 1.29 is 17.9 Å². The van der Waals surface area contributed by atoms with Gasteiger partial charge in [-0.2, -0.15) is 0 Å². The minimum Gasteiger partial charge on any atom is -0.497 e. The summed E-state index contributed by atoms with van der Waals surface area (Å²) in [4.78, 5) is 11.1. The first-order valence-electron chi connectivity index (χ1n) is 8.29. The molecule has 1 aromatic heterocycles. The number of ether oxygens (including phenoxy) is 2. The molecule has 1 aliphatic heterocycles. The van der Waals surface area contributed by atoms with Gasteiger partial charge in [0.25, 0.3) is 0 Å².